The molecule has 0 fully saturated rings. The van der Waals surface area contributed by atoms with E-state index in [1.165, 1.54) is 0 Å². The van der Waals surface area contributed by atoms with Crippen molar-refractivity contribution in [3.05, 3.63) is 24.3 Å². The number of carbonyl (C=O) groups is 1. The summed E-state index contributed by atoms with van der Waals surface area (Å²) in [7, 11) is 3.38. The van der Waals surface area contributed by atoms with Gasteiger partial charge in [0, 0.05) is 18.8 Å². The smallest absolute Gasteiger partial charge is 0.223 e. The van der Waals surface area contributed by atoms with Crippen LogP contribution in [-0.4, -0.2) is 43.4 Å². The number of carbonyl (C=O) groups excluding carboxylic acids is 1. The minimum atomic E-state index is 0.107. The molecule has 1 amide bonds. The SMILES string of the molecule is COc1ccccc1OCCN(C)C(=O)CCBr. The van der Waals surface area contributed by atoms with Gasteiger partial charge in [-0.05, 0) is 12.1 Å². The van der Waals surface area contributed by atoms with Crippen LogP contribution in [0.2, 0.25) is 0 Å². The second kappa shape index (κ2) is 7.97. The summed E-state index contributed by atoms with van der Waals surface area (Å²) in [4.78, 5) is 13.2. The molecule has 0 aliphatic heterocycles. The lowest BCUT2D eigenvalue weighted by Gasteiger charge is -2.17. The normalized spacial score (nSPS) is 9.94. The lowest BCUT2D eigenvalue weighted by Crippen LogP contribution is -2.30. The molecule has 4 nitrogen and oxygen atoms in total. The van der Waals surface area contributed by atoms with Crippen molar-refractivity contribution in [2.24, 2.45) is 0 Å². The fourth-order valence-corrected chi connectivity index (χ4v) is 1.77. The Labute approximate surface area is 116 Å². The Morgan fingerprint density at radius 2 is 2.00 bits per heavy atom. The quantitative estimate of drug-likeness (QED) is 0.725. The van der Waals surface area contributed by atoms with Gasteiger partial charge in [-0.1, -0.05) is 28.1 Å². The Bertz CT molecular complexity index is 384. The standard InChI is InChI=1S/C13H18BrNO3/c1-15(13(16)7-8-14)9-10-18-12-6-4-3-5-11(12)17-2/h3-6H,7-10H2,1-2H3. The number of amides is 1. The van der Waals surface area contributed by atoms with Gasteiger partial charge in [-0.3, -0.25) is 4.79 Å². The molecule has 1 aromatic carbocycles. The van der Waals surface area contributed by atoms with Crippen LogP contribution in [0.25, 0.3) is 0 Å². The topological polar surface area (TPSA) is 38.8 Å². The summed E-state index contributed by atoms with van der Waals surface area (Å²) in [5.41, 5.74) is 0. The van der Waals surface area contributed by atoms with Crippen molar-refractivity contribution in [1.29, 1.82) is 0 Å². The molecule has 0 aliphatic rings. The zero-order chi connectivity index (χ0) is 13.4. The Morgan fingerprint density at radius 1 is 1.33 bits per heavy atom. The number of likely N-dealkylation sites (N-methyl/N-ethyl adjacent to an activating group) is 1. The van der Waals surface area contributed by atoms with Gasteiger partial charge in [0.2, 0.25) is 5.91 Å². The summed E-state index contributed by atoms with van der Waals surface area (Å²) in [6.07, 6.45) is 0.505. The van der Waals surface area contributed by atoms with E-state index in [1.54, 1.807) is 19.1 Å². The third-order valence-electron chi connectivity index (χ3n) is 2.49. The van der Waals surface area contributed by atoms with E-state index in [0.29, 0.717) is 36.4 Å². The van der Waals surface area contributed by atoms with Gasteiger partial charge in [-0.2, -0.15) is 0 Å². The number of benzene rings is 1. The molecule has 5 heteroatoms. The van der Waals surface area contributed by atoms with Crippen LogP contribution >= 0.6 is 15.9 Å². The first kappa shape index (κ1) is 14.8. The first-order valence-electron chi connectivity index (χ1n) is 5.74. The Balaban J connectivity index is 2.39. The average molecular weight is 316 g/mol. The second-order valence-corrected chi connectivity index (χ2v) is 4.55. The maximum Gasteiger partial charge on any atom is 0.223 e. The molecule has 0 heterocycles. The molecule has 0 bridgehead atoms. The fraction of sp³-hybridized carbons (Fsp3) is 0.462. The first-order valence-corrected chi connectivity index (χ1v) is 6.87. The van der Waals surface area contributed by atoms with Gasteiger partial charge in [0.25, 0.3) is 0 Å². The molecule has 1 aromatic rings. The van der Waals surface area contributed by atoms with Gasteiger partial charge < -0.3 is 14.4 Å². The summed E-state index contributed by atoms with van der Waals surface area (Å²) < 4.78 is 10.8. The first-order chi connectivity index (χ1) is 8.69. The zero-order valence-corrected chi connectivity index (χ0v) is 12.3. The lowest BCUT2D eigenvalue weighted by molar-refractivity contribution is -0.129. The van der Waals surface area contributed by atoms with Gasteiger partial charge >= 0.3 is 0 Å². The van der Waals surface area contributed by atoms with Gasteiger partial charge in [-0.25, -0.2) is 0 Å². The van der Waals surface area contributed by atoms with Crippen LogP contribution in [0.4, 0.5) is 0 Å². The monoisotopic (exact) mass is 315 g/mol. The van der Waals surface area contributed by atoms with Gasteiger partial charge in [-0.15, -0.1) is 0 Å². The largest absolute Gasteiger partial charge is 0.493 e. The van der Waals surface area contributed by atoms with E-state index in [1.807, 2.05) is 24.3 Å². The highest BCUT2D eigenvalue weighted by molar-refractivity contribution is 9.09. The number of para-hydroxylation sites is 2. The summed E-state index contributed by atoms with van der Waals surface area (Å²) in [5.74, 6) is 1.50. The maximum atomic E-state index is 11.5. The Morgan fingerprint density at radius 3 is 2.61 bits per heavy atom. The van der Waals surface area contributed by atoms with Crippen LogP contribution < -0.4 is 9.47 Å². The third-order valence-corrected chi connectivity index (χ3v) is 2.88. The Kier molecular flexibility index (Phi) is 6.57. The van der Waals surface area contributed by atoms with Crippen molar-refractivity contribution in [1.82, 2.24) is 4.90 Å². The van der Waals surface area contributed by atoms with Crippen LogP contribution in [0.3, 0.4) is 0 Å². The number of alkyl halides is 1. The third kappa shape index (κ3) is 4.56. The highest BCUT2D eigenvalue weighted by Crippen LogP contribution is 2.25. The molecule has 18 heavy (non-hydrogen) atoms. The molecule has 0 radical (unpaired) electrons. The molecule has 0 aliphatic carbocycles. The van der Waals surface area contributed by atoms with Gasteiger partial charge in [0.1, 0.15) is 6.61 Å². The van der Waals surface area contributed by atoms with Crippen LogP contribution in [-0.2, 0) is 4.79 Å². The van der Waals surface area contributed by atoms with Crippen LogP contribution in [0.1, 0.15) is 6.42 Å². The second-order valence-electron chi connectivity index (χ2n) is 3.75. The van der Waals surface area contributed by atoms with E-state index in [0.717, 1.165) is 0 Å². The molecular weight excluding hydrogens is 298 g/mol. The summed E-state index contributed by atoms with van der Waals surface area (Å²) in [6.45, 7) is 1.01. The van der Waals surface area contributed by atoms with Gasteiger partial charge in [0.05, 0.1) is 13.7 Å². The van der Waals surface area contributed by atoms with Crippen molar-refractivity contribution in [3.8, 4) is 11.5 Å². The molecule has 0 N–H and O–H groups in total. The van der Waals surface area contributed by atoms with E-state index in [2.05, 4.69) is 15.9 Å². The van der Waals surface area contributed by atoms with Crippen LogP contribution in [0, 0.1) is 0 Å². The highest BCUT2D eigenvalue weighted by Gasteiger charge is 2.08. The predicted octanol–water partition coefficient (Wildman–Crippen LogP) is 2.32. The summed E-state index contributed by atoms with van der Waals surface area (Å²) in [5, 5.41) is 0.684. The van der Waals surface area contributed by atoms with Crippen molar-refractivity contribution in [3.63, 3.8) is 0 Å². The van der Waals surface area contributed by atoms with E-state index in [-0.39, 0.29) is 5.91 Å². The maximum absolute atomic E-state index is 11.5. The van der Waals surface area contributed by atoms with E-state index < -0.39 is 0 Å². The van der Waals surface area contributed by atoms with E-state index in [9.17, 15) is 4.79 Å². The molecule has 0 spiro atoms. The molecule has 0 unspecified atom stereocenters. The molecule has 0 saturated carbocycles. The number of nitrogens with zero attached hydrogens (tertiary/aromatic N) is 1. The molecule has 100 valence electrons. The number of halogens is 1. The lowest BCUT2D eigenvalue weighted by atomic mass is 10.3. The highest BCUT2D eigenvalue weighted by atomic mass is 79.9. The van der Waals surface area contributed by atoms with Crippen molar-refractivity contribution in [2.45, 2.75) is 6.42 Å². The average Bonchev–Trinajstić information content (AvgIpc) is 2.39. The number of rotatable bonds is 7. The molecular formula is C13H18BrNO3. The molecule has 0 atom stereocenters. The van der Waals surface area contributed by atoms with Crippen LogP contribution in [0.15, 0.2) is 24.3 Å². The fourth-order valence-electron chi connectivity index (χ4n) is 1.43. The molecule has 1 rings (SSSR count). The Hall–Kier alpha value is -1.23. The van der Waals surface area contributed by atoms with Crippen molar-refractivity contribution < 1.29 is 14.3 Å². The van der Waals surface area contributed by atoms with Crippen molar-refractivity contribution in [2.75, 3.05) is 32.6 Å². The van der Waals surface area contributed by atoms with E-state index >= 15 is 0 Å². The predicted molar refractivity (Wildman–Crippen MR) is 74.5 cm³/mol. The number of hydrogen-bond acceptors (Lipinski definition) is 3. The summed E-state index contributed by atoms with van der Waals surface area (Å²) >= 11 is 3.25. The minimum Gasteiger partial charge on any atom is -0.493 e. The summed E-state index contributed by atoms with van der Waals surface area (Å²) in [6, 6.07) is 7.46. The number of ether oxygens (including phenoxy) is 2. The minimum absolute atomic E-state index is 0.107. The number of methoxy groups -OCH3 is 1. The molecule has 0 saturated heterocycles. The van der Waals surface area contributed by atoms with Crippen molar-refractivity contribution >= 4 is 21.8 Å². The van der Waals surface area contributed by atoms with Gasteiger partial charge in [0.15, 0.2) is 11.5 Å². The zero-order valence-electron chi connectivity index (χ0n) is 10.7. The number of hydrogen-bond donors (Lipinski definition) is 0. The van der Waals surface area contributed by atoms with E-state index in [4.69, 9.17) is 9.47 Å². The molecule has 0 aromatic heterocycles. The van der Waals surface area contributed by atoms with Crippen LogP contribution in [0.5, 0.6) is 11.5 Å².